The van der Waals surface area contributed by atoms with E-state index in [9.17, 15) is 0 Å². The van der Waals surface area contributed by atoms with Crippen LogP contribution in [0.1, 0.15) is 19.3 Å². The SMILES string of the molecule is C1=CCCC(C2=CC=CC2)=C1.[Co]. The number of allylic oxidation sites excluding steroid dienone is 8. The molecule has 0 fully saturated rings. The summed E-state index contributed by atoms with van der Waals surface area (Å²) in [7, 11) is 0. The first kappa shape index (κ1) is 9.55. The summed E-state index contributed by atoms with van der Waals surface area (Å²) in [6, 6.07) is 0. The zero-order valence-corrected chi connectivity index (χ0v) is 7.96. The van der Waals surface area contributed by atoms with Gasteiger partial charge in [-0.05, 0) is 30.4 Å². The Morgan fingerprint density at radius 1 is 0.917 bits per heavy atom. The van der Waals surface area contributed by atoms with Gasteiger partial charge in [0.1, 0.15) is 0 Å². The smallest absolute Gasteiger partial charge is 0 e. The van der Waals surface area contributed by atoms with Crippen LogP contribution in [-0.2, 0) is 16.8 Å². The summed E-state index contributed by atoms with van der Waals surface area (Å²) >= 11 is 0. The van der Waals surface area contributed by atoms with Crippen molar-refractivity contribution >= 4 is 0 Å². The standard InChI is InChI=1S/C11H12.Co/c1-2-6-10(7-3-1)11-8-4-5-9-11;/h1-2,4-6,8H,3,7,9H2;. The molecular formula is C11H12Co. The van der Waals surface area contributed by atoms with Crippen LogP contribution < -0.4 is 0 Å². The molecule has 0 aliphatic heterocycles. The fourth-order valence-electron chi connectivity index (χ4n) is 1.56. The first-order chi connectivity index (χ1) is 5.47. The molecule has 65 valence electrons. The van der Waals surface area contributed by atoms with Crippen LogP contribution >= 0.6 is 0 Å². The summed E-state index contributed by atoms with van der Waals surface area (Å²) in [5.74, 6) is 0. The zero-order chi connectivity index (χ0) is 7.52. The predicted octanol–water partition coefficient (Wildman–Crippen LogP) is 3.15. The van der Waals surface area contributed by atoms with Gasteiger partial charge in [0.25, 0.3) is 0 Å². The van der Waals surface area contributed by atoms with Crippen molar-refractivity contribution < 1.29 is 16.8 Å². The molecule has 0 unspecified atom stereocenters. The maximum atomic E-state index is 2.24. The monoisotopic (exact) mass is 203 g/mol. The van der Waals surface area contributed by atoms with Crippen molar-refractivity contribution in [1.29, 1.82) is 0 Å². The third-order valence-corrected chi connectivity index (χ3v) is 2.20. The van der Waals surface area contributed by atoms with Gasteiger partial charge in [-0.2, -0.15) is 0 Å². The van der Waals surface area contributed by atoms with Crippen LogP contribution in [0.2, 0.25) is 0 Å². The Labute approximate surface area is 83.9 Å². The Kier molecular flexibility index (Phi) is 3.57. The fourth-order valence-corrected chi connectivity index (χ4v) is 1.56. The molecule has 0 aromatic rings. The van der Waals surface area contributed by atoms with E-state index in [4.69, 9.17) is 0 Å². The summed E-state index contributed by atoms with van der Waals surface area (Å²) in [5, 5.41) is 0. The Morgan fingerprint density at radius 2 is 1.67 bits per heavy atom. The third-order valence-electron chi connectivity index (χ3n) is 2.20. The average molecular weight is 203 g/mol. The van der Waals surface area contributed by atoms with Crippen LogP contribution in [0.3, 0.4) is 0 Å². The van der Waals surface area contributed by atoms with Crippen molar-refractivity contribution in [3.8, 4) is 0 Å². The van der Waals surface area contributed by atoms with E-state index in [0.717, 1.165) is 6.42 Å². The van der Waals surface area contributed by atoms with Crippen LogP contribution in [0.5, 0.6) is 0 Å². The van der Waals surface area contributed by atoms with E-state index < -0.39 is 0 Å². The van der Waals surface area contributed by atoms with E-state index in [-0.39, 0.29) is 16.8 Å². The summed E-state index contributed by atoms with van der Waals surface area (Å²) in [4.78, 5) is 0. The van der Waals surface area contributed by atoms with Crippen LogP contribution in [0.4, 0.5) is 0 Å². The molecule has 1 heteroatoms. The molecule has 0 N–H and O–H groups in total. The number of rotatable bonds is 1. The molecule has 2 aliphatic carbocycles. The molecule has 0 saturated heterocycles. The van der Waals surface area contributed by atoms with E-state index in [1.54, 1.807) is 0 Å². The Balaban J connectivity index is 0.000000720. The summed E-state index contributed by atoms with van der Waals surface area (Å²) in [6.45, 7) is 0. The second-order valence-electron chi connectivity index (χ2n) is 2.98. The van der Waals surface area contributed by atoms with Gasteiger partial charge in [-0.15, -0.1) is 0 Å². The van der Waals surface area contributed by atoms with Gasteiger partial charge in [-0.25, -0.2) is 0 Å². The van der Waals surface area contributed by atoms with Gasteiger partial charge in [0.15, 0.2) is 0 Å². The van der Waals surface area contributed by atoms with E-state index in [2.05, 4.69) is 36.5 Å². The van der Waals surface area contributed by atoms with Crippen molar-refractivity contribution in [3.05, 3.63) is 47.6 Å². The molecule has 0 amide bonds. The summed E-state index contributed by atoms with van der Waals surface area (Å²) < 4.78 is 0. The zero-order valence-electron chi connectivity index (χ0n) is 6.92. The molecule has 0 aromatic carbocycles. The van der Waals surface area contributed by atoms with Gasteiger partial charge in [0, 0.05) is 16.8 Å². The molecule has 0 heterocycles. The maximum absolute atomic E-state index is 2.24. The molecule has 1 radical (unpaired) electrons. The van der Waals surface area contributed by atoms with Crippen LogP contribution in [-0.4, -0.2) is 0 Å². The first-order valence-electron chi connectivity index (χ1n) is 4.18. The maximum Gasteiger partial charge on any atom is 0 e. The minimum Gasteiger partial charge on any atom is -0.0842 e. The molecular weight excluding hydrogens is 191 g/mol. The van der Waals surface area contributed by atoms with Crippen LogP contribution in [0.15, 0.2) is 47.6 Å². The van der Waals surface area contributed by atoms with Crippen molar-refractivity contribution in [3.63, 3.8) is 0 Å². The van der Waals surface area contributed by atoms with Gasteiger partial charge >= 0.3 is 0 Å². The molecule has 0 bridgehead atoms. The van der Waals surface area contributed by atoms with Crippen LogP contribution in [0, 0.1) is 0 Å². The van der Waals surface area contributed by atoms with Gasteiger partial charge in [0.05, 0.1) is 0 Å². The van der Waals surface area contributed by atoms with Gasteiger partial charge in [-0.1, -0.05) is 36.5 Å². The number of hydrogen-bond donors (Lipinski definition) is 0. The van der Waals surface area contributed by atoms with Crippen molar-refractivity contribution in [2.24, 2.45) is 0 Å². The summed E-state index contributed by atoms with van der Waals surface area (Å²) in [5.41, 5.74) is 3.03. The fraction of sp³-hybridized carbons (Fsp3) is 0.273. The minimum absolute atomic E-state index is 0. The molecule has 0 saturated carbocycles. The molecule has 12 heavy (non-hydrogen) atoms. The number of hydrogen-bond acceptors (Lipinski definition) is 0. The van der Waals surface area contributed by atoms with Gasteiger partial charge in [0.2, 0.25) is 0 Å². The quantitative estimate of drug-likeness (QED) is 0.614. The third kappa shape index (κ3) is 1.99. The van der Waals surface area contributed by atoms with E-state index in [0.29, 0.717) is 0 Å². The predicted molar refractivity (Wildman–Crippen MR) is 48.3 cm³/mol. The van der Waals surface area contributed by atoms with Crippen molar-refractivity contribution in [2.45, 2.75) is 19.3 Å². The van der Waals surface area contributed by atoms with Gasteiger partial charge < -0.3 is 0 Å². The Hall–Kier alpha value is -0.534. The second-order valence-corrected chi connectivity index (χ2v) is 2.98. The van der Waals surface area contributed by atoms with Crippen LogP contribution in [0.25, 0.3) is 0 Å². The molecule has 0 atom stereocenters. The Morgan fingerprint density at radius 3 is 2.25 bits per heavy atom. The average Bonchev–Trinajstić information content (AvgIpc) is 2.58. The van der Waals surface area contributed by atoms with E-state index in [1.807, 2.05) is 0 Å². The molecule has 2 aliphatic rings. The molecule has 0 nitrogen and oxygen atoms in total. The van der Waals surface area contributed by atoms with Crippen molar-refractivity contribution in [1.82, 2.24) is 0 Å². The normalized spacial score (nSPS) is 20.0. The molecule has 0 spiro atoms. The molecule has 0 aromatic heterocycles. The topological polar surface area (TPSA) is 0 Å². The first-order valence-corrected chi connectivity index (χ1v) is 4.18. The van der Waals surface area contributed by atoms with E-state index >= 15 is 0 Å². The second kappa shape index (κ2) is 4.48. The Bertz CT molecular complexity index is 267. The summed E-state index contributed by atoms with van der Waals surface area (Å²) in [6.07, 6.45) is 16.8. The van der Waals surface area contributed by atoms with Gasteiger partial charge in [-0.3, -0.25) is 0 Å². The molecule has 2 rings (SSSR count). The van der Waals surface area contributed by atoms with Crippen molar-refractivity contribution in [2.75, 3.05) is 0 Å². The largest absolute Gasteiger partial charge is 0.0842 e. The van der Waals surface area contributed by atoms with E-state index in [1.165, 1.54) is 24.0 Å². The minimum atomic E-state index is 0.